The lowest BCUT2D eigenvalue weighted by molar-refractivity contribution is -0.870. The van der Waals surface area contributed by atoms with Gasteiger partial charge in [0.05, 0.1) is 39.9 Å². The Bertz CT molecular complexity index is 1400. The second kappa shape index (κ2) is 62.3. The number of likely N-dealkylation sites (N-methyl/N-ethyl adjacent to an activating group) is 1. The van der Waals surface area contributed by atoms with E-state index < -0.39 is 20.0 Å². The zero-order valence-electron chi connectivity index (χ0n) is 54.3. The van der Waals surface area contributed by atoms with Crippen LogP contribution in [0.5, 0.6) is 0 Å². The third kappa shape index (κ3) is 64.3. The highest BCUT2D eigenvalue weighted by Crippen LogP contribution is 2.43. The monoisotopic (exact) mass is 1150 g/mol. The van der Waals surface area contributed by atoms with E-state index in [-0.39, 0.29) is 19.1 Å². The summed E-state index contributed by atoms with van der Waals surface area (Å²) in [5.41, 5.74) is 0. The van der Waals surface area contributed by atoms with Gasteiger partial charge in [-0.1, -0.05) is 346 Å². The van der Waals surface area contributed by atoms with E-state index in [1.807, 2.05) is 27.2 Å². The number of nitrogens with zero attached hydrogens (tertiary/aromatic N) is 1. The molecule has 1 amide bonds. The molecule has 0 saturated heterocycles. The number of carbonyl (C=O) groups is 1. The summed E-state index contributed by atoms with van der Waals surface area (Å²) in [4.78, 5) is 23.4. The molecule has 0 spiro atoms. The van der Waals surface area contributed by atoms with Crippen LogP contribution in [0.1, 0.15) is 361 Å². The van der Waals surface area contributed by atoms with Crippen LogP contribution >= 0.6 is 7.82 Å². The minimum absolute atomic E-state index is 0.0554. The molecule has 3 N–H and O–H groups in total. The summed E-state index contributed by atoms with van der Waals surface area (Å²) in [5.74, 6) is -0.183. The first-order valence-electron chi connectivity index (χ1n) is 35.4. The Morgan fingerprint density at radius 1 is 0.412 bits per heavy atom. The highest BCUT2D eigenvalue weighted by molar-refractivity contribution is 7.47. The van der Waals surface area contributed by atoms with E-state index in [0.29, 0.717) is 17.4 Å². The van der Waals surface area contributed by atoms with Gasteiger partial charge in [-0.05, 0) is 44.9 Å². The second-order valence-corrected chi connectivity index (χ2v) is 27.1. The van der Waals surface area contributed by atoms with Crippen molar-refractivity contribution in [2.24, 2.45) is 0 Å². The van der Waals surface area contributed by atoms with Crippen LogP contribution in [0.3, 0.4) is 0 Å². The van der Waals surface area contributed by atoms with E-state index in [4.69, 9.17) is 9.05 Å². The molecule has 0 aliphatic carbocycles. The molecule has 0 radical (unpaired) electrons. The molecule has 474 valence electrons. The fourth-order valence-corrected chi connectivity index (χ4v) is 11.6. The highest BCUT2D eigenvalue weighted by atomic mass is 31.2. The first kappa shape index (κ1) is 78.7. The van der Waals surface area contributed by atoms with Crippen LogP contribution in [0.15, 0.2) is 36.5 Å². The van der Waals surface area contributed by atoms with Gasteiger partial charge >= 0.3 is 7.82 Å². The molecule has 0 aromatic carbocycles. The number of rotatable bonds is 66. The molecule has 0 fully saturated rings. The van der Waals surface area contributed by atoms with Crippen molar-refractivity contribution in [2.45, 2.75) is 373 Å². The number of hydrogen-bond donors (Lipinski definition) is 3. The fourth-order valence-electron chi connectivity index (χ4n) is 10.8. The number of allylic oxidation sites excluding steroid dienone is 5. The SMILES string of the molecule is CCCCCCCCCCCCCCCCCC/C=C/CC/C=C/CC/C=C/C(O)C(COP(=O)(O)OCC[N+](C)(C)C)NC(=O)CCCCCCCCCCCCCCCCCCCCCCCCCCCCCCCCCC. The molecule has 0 bridgehead atoms. The van der Waals surface area contributed by atoms with Crippen LogP contribution in [0.25, 0.3) is 0 Å². The van der Waals surface area contributed by atoms with Gasteiger partial charge in [0, 0.05) is 6.42 Å². The van der Waals surface area contributed by atoms with Gasteiger partial charge in [0.1, 0.15) is 13.2 Å². The molecule has 3 atom stereocenters. The number of unbranched alkanes of at least 4 members (excludes halogenated alkanes) is 49. The van der Waals surface area contributed by atoms with Gasteiger partial charge in [-0.2, -0.15) is 0 Å². The predicted octanol–water partition coefficient (Wildman–Crippen LogP) is 22.4. The number of phosphoric acid groups is 1. The Kier molecular flexibility index (Phi) is 61.3. The number of carbonyl (C=O) groups excluding carboxylic acids is 1. The maximum atomic E-state index is 13.0. The molecular weight excluding hydrogens is 1010 g/mol. The maximum absolute atomic E-state index is 13.0. The number of nitrogens with one attached hydrogen (secondary N) is 1. The summed E-state index contributed by atoms with van der Waals surface area (Å²) in [7, 11) is 1.56. The molecule has 80 heavy (non-hydrogen) atoms. The zero-order valence-corrected chi connectivity index (χ0v) is 55.2. The molecule has 0 heterocycles. The Labute approximate surface area is 499 Å². The number of phosphoric ester groups is 1. The molecule has 0 aliphatic heterocycles. The number of amides is 1. The lowest BCUT2D eigenvalue weighted by atomic mass is 10.0. The molecule has 8 nitrogen and oxygen atoms in total. The fraction of sp³-hybridized carbons (Fsp3) is 0.901. The predicted molar refractivity (Wildman–Crippen MR) is 351 cm³/mol. The van der Waals surface area contributed by atoms with Crippen molar-refractivity contribution in [2.75, 3.05) is 40.9 Å². The summed E-state index contributed by atoms with van der Waals surface area (Å²) in [5, 5.41) is 14.0. The van der Waals surface area contributed by atoms with Gasteiger partial charge in [-0.15, -0.1) is 0 Å². The topological polar surface area (TPSA) is 105 Å². The van der Waals surface area contributed by atoms with E-state index in [0.717, 1.165) is 44.9 Å². The smallest absolute Gasteiger partial charge is 0.387 e. The first-order valence-corrected chi connectivity index (χ1v) is 36.9. The van der Waals surface area contributed by atoms with Crippen molar-refractivity contribution < 1.29 is 32.9 Å². The summed E-state index contributed by atoms with van der Waals surface area (Å²) in [6, 6.07) is -0.869. The van der Waals surface area contributed by atoms with Crippen molar-refractivity contribution in [3.63, 3.8) is 0 Å². The largest absolute Gasteiger partial charge is 0.472 e. The Balaban J connectivity index is 4.07. The van der Waals surface area contributed by atoms with Crippen molar-refractivity contribution in [1.82, 2.24) is 5.32 Å². The first-order chi connectivity index (χ1) is 39.0. The Hall–Kier alpha value is -1.28. The number of aliphatic hydroxyl groups is 1. The molecule has 3 unspecified atom stereocenters. The van der Waals surface area contributed by atoms with Crippen LogP contribution in [-0.2, 0) is 18.4 Å². The molecule has 0 aromatic rings. The van der Waals surface area contributed by atoms with Crippen molar-refractivity contribution in [3.05, 3.63) is 36.5 Å². The molecule has 0 rings (SSSR count). The third-order valence-corrected chi connectivity index (χ3v) is 17.3. The Morgan fingerprint density at radius 2 is 0.688 bits per heavy atom. The average molecular weight is 1150 g/mol. The number of hydrogen-bond acceptors (Lipinski definition) is 5. The van der Waals surface area contributed by atoms with E-state index in [2.05, 4.69) is 43.5 Å². The third-order valence-electron chi connectivity index (χ3n) is 16.3. The maximum Gasteiger partial charge on any atom is 0.472 e. The van der Waals surface area contributed by atoms with Gasteiger partial charge in [0.15, 0.2) is 0 Å². The van der Waals surface area contributed by atoms with Crippen molar-refractivity contribution in [3.8, 4) is 0 Å². The van der Waals surface area contributed by atoms with Crippen LogP contribution in [0, 0.1) is 0 Å². The second-order valence-electron chi connectivity index (χ2n) is 25.6. The number of quaternary nitrogens is 1. The quantitative estimate of drug-likeness (QED) is 0.0243. The Morgan fingerprint density at radius 3 is 1.00 bits per heavy atom. The molecule has 0 aliphatic rings. The van der Waals surface area contributed by atoms with Crippen molar-refractivity contribution in [1.29, 1.82) is 0 Å². The summed E-state index contributed by atoms with van der Waals surface area (Å²) in [6.45, 7) is 4.85. The van der Waals surface area contributed by atoms with Crippen LogP contribution in [-0.4, -0.2) is 73.4 Å². The zero-order chi connectivity index (χ0) is 58.4. The van der Waals surface area contributed by atoms with E-state index >= 15 is 0 Å². The van der Waals surface area contributed by atoms with Gasteiger partial charge in [-0.25, -0.2) is 4.57 Å². The lowest BCUT2D eigenvalue weighted by Crippen LogP contribution is -2.45. The lowest BCUT2D eigenvalue weighted by Gasteiger charge is -2.25. The normalized spacial score (nSPS) is 13.8. The van der Waals surface area contributed by atoms with Crippen LogP contribution in [0.2, 0.25) is 0 Å². The summed E-state index contributed by atoms with van der Waals surface area (Å²) < 4.78 is 23.8. The van der Waals surface area contributed by atoms with Crippen LogP contribution < -0.4 is 5.32 Å². The number of aliphatic hydroxyl groups excluding tert-OH is 1. The van der Waals surface area contributed by atoms with Gasteiger partial charge in [0.25, 0.3) is 0 Å². The van der Waals surface area contributed by atoms with Gasteiger partial charge < -0.3 is 19.8 Å². The standard InChI is InChI=1S/C71H139N2O6P/c1-6-8-10-12-14-16-18-20-22-24-26-28-30-32-34-35-36-37-38-39-41-43-45-47-49-51-53-55-57-59-61-63-65-71(75)72-69(68-79-80(76,77)78-67-66-73(3,4)5)70(74)64-62-60-58-56-54-52-50-48-46-44-42-40-33-31-29-27-25-23-21-19-17-15-13-11-9-7-2/h46,48,54,56,62,64,69-70,74H,6-45,47,49-53,55,57-61,63,65-68H2,1-5H3,(H-,72,75,76,77)/p+1/b48-46+,56-54+,64-62+. The van der Waals surface area contributed by atoms with E-state index in [9.17, 15) is 19.4 Å². The minimum atomic E-state index is -4.36. The molecule has 9 heteroatoms. The van der Waals surface area contributed by atoms with Crippen LogP contribution in [0.4, 0.5) is 0 Å². The summed E-state index contributed by atoms with van der Waals surface area (Å²) in [6.07, 6.45) is 83.1. The van der Waals surface area contributed by atoms with Gasteiger partial charge in [-0.3, -0.25) is 13.8 Å². The molecule has 0 aromatic heterocycles. The minimum Gasteiger partial charge on any atom is -0.387 e. The average Bonchev–Trinajstić information content (AvgIpc) is 3.42. The molecular formula is C71H140N2O6P+. The van der Waals surface area contributed by atoms with Crippen molar-refractivity contribution >= 4 is 13.7 Å². The van der Waals surface area contributed by atoms with Gasteiger partial charge in [0.2, 0.25) is 5.91 Å². The summed E-state index contributed by atoms with van der Waals surface area (Å²) >= 11 is 0. The van der Waals surface area contributed by atoms with E-state index in [1.165, 1.54) is 295 Å². The highest BCUT2D eigenvalue weighted by Gasteiger charge is 2.28. The molecule has 0 saturated carbocycles. The van der Waals surface area contributed by atoms with E-state index in [1.54, 1.807) is 6.08 Å².